The third-order valence-corrected chi connectivity index (χ3v) is 4.46. The van der Waals surface area contributed by atoms with Crippen LogP contribution in [0.25, 0.3) is 22.3 Å². The van der Waals surface area contributed by atoms with Crippen molar-refractivity contribution in [2.75, 3.05) is 0 Å². The van der Waals surface area contributed by atoms with Crippen LogP contribution in [0.1, 0.15) is 11.1 Å². The van der Waals surface area contributed by atoms with Crippen LogP contribution in [-0.4, -0.2) is 0 Å². The van der Waals surface area contributed by atoms with Crippen LogP contribution in [-0.2, 0) is 13.2 Å². The van der Waals surface area contributed by atoms with Crippen molar-refractivity contribution in [1.29, 1.82) is 0 Å². The average molecular weight is 286 g/mol. The van der Waals surface area contributed by atoms with Crippen LogP contribution in [0.15, 0.2) is 60.7 Å². The minimum atomic E-state index is 0.628. The normalized spacial score (nSPS) is 13.8. The lowest BCUT2D eigenvalue weighted by Gasteiger charge is -2.28. The van der Waals surface area contributed by atoms with Gasteiger partial charge in [-0.05, 0) is 23.3 Å². The van der Waals surface area contributed by atoms with E-state index in [0.29, 0.717) is 13.2 Å². The molecule has 22 heavy (non-hydrogen) atoms. The summed E-state index contributed by atoms with van der Waals surface area (Å²) in [5, 5.41) is 0. The van der Waals surface area contributed by atoms with E-state index in [-0.39, 0.29) is 0 Å². The molecule has 2 nitrogen and oxygen atoms in total. The van der Waals surface area contributed by atoms with Gasteiger partial charge in [-0.25, -0.2) is 0 Å². The summed E-state index contributed by atoms with van der Waals surface area (Å²) in [6.07, 6.45) is 0. The second-order valence-corrected chi connectivity index (χ2v) is 5.70. The predicted octanol–water partition coefficient (Wildman–Crippen LogP) is 4.81. The Kier molecular flexibility index (Phi) is 2.36. The smallest absolute Gasteiger partial charge is 0.127 e. The van der Waals surface area contributed by atoms with Crippen molar-refractivity contribution in [2.45, 2.75) is 13.2 Å². The van der Waals surface area contributed by atoms with Crippen LogP contribution in [0.3, 0.4) is 0 Å². The van der Waals surface area contributed by atoms with Gasteiger partial charge in [0.05, 0.1) is 0 Å². The van der Waals surface area contributed by atoms with Crippen molar-refractivity contribution in [3.05, 3.63) is 71.8 Å². The molecule has 0 amide bonds. The zero-order chi connectivity index (χ0) is 14.5. The number of benzene rings is 3. The van der Waals surface area contributed by atoms with Gasteiger partial charge in [-0.3, -0.25) is 0 Å². The standard InChI is InChI=1S/C20H14O2/c1-3-7-17-15(5-1)19-13(11-21-17)9-10-14-12-22-18-8-4-2-6-16(18)20(14)19/h1-10H,11-12H2. The molecule has 5 rings (SSSR count). The van der Waals surface area contributed by atoms with E-state index in [0.717, 1.165) is 11.5 Å². The van der Waals surface area contributed by atoms with Gasteiger partial charge in [0.2, 0.25) is 0 Å². The highest BCUT2D eigenvalue weighted by molar-refractivity contribution is 5.93. The summed E-state index contributed by atoms with van der Waals surface area (Å²) in [4.78, 5) is 0. The molecule has 0 atom stereocenters. The lowest BCUT2D eigenvalue weighted by atomic mass is 9.85. The third kappa shape index (κ3) is 1.55. The topological polar surface area (TPSA) is 18.5 Å². The molecule has 3 aromatic carbocycles. The predicted molar refractivity (Wildman–Crippen MR) is 86.0 cm³/mol. The summed E-state index contributed by atoms with van der Waals surface area (Å²) in [6, 6.07) is 20.9. The molecular weight excluding hydrogens is 272 g/mol. The molecule has 3 aromatic rings. The van der Waals surface area contributed by atoms with Crippen molar-refractivity contribution >= 4 is 0 Å². The zero-order valence-electron chi connectivity index (χ0n) is 12.0. The Morgan fingerprint density at radius 2 is 1.00 bits per heavy atom. The molecule has 106 valence electrons. The summed E-state index contributed by atoms with van der Waals surface area (Å²) in [5.41, 5.74) is 7.45. The first-order chi connectivity index (χ1) is 10.9. The molecule has 0 spiro atoms. The van der Waals surface area contributed by atoms with Crippen LogP contribution in [0.4, 0.5) is 0 Å². The maximum absolute atomic E-state index is 5.90. The number of ether oxygens (including phenoxy) is 2. The summed E-state index contributed by atoms with van der Waals surface area (Å²) >= 11 is 0. The molecule has 0 saturated carbocycles. The lowest BCUT2D eigenvalue weighted by molar-refractivity contribution is 0.297. The highest BCUT2D eigenvalue weighted by Gasteiger charge is 2.26. The van der Waals surface area contributed by atoms with Crippen LogP contribution in [0.2, 0.25) is 0 Å². The van der Waals surface area contributed by atoms with E-state index in [1.165, 1.54) is 33.4 Å². The molecule has 0 radical (unpaired) electrons. The monoisotopic (exact) mass is 286 g/mol. The van der Waals surface area contributed by atoms with Crippen LogP contribution in [0.5, 0.6) is 11.5 Å². The average Bonchev–Trinajstić information content (AvgIpc) is 2.60. The van der Waals surface area contributed by atoms with E-state index in [1.807, 2.05) is 24.3 Å². The van der Waals surface area contributed by atoms with Gasteiger partial charge >= 0.3 is 0 Å². The first kappa shape index (κ1) is 11.9. The molecule has 0 N–H and O–H groups in total. The number of para-hydroxylation sites is 2. The Morgan fingerprint density at radius 3 is 1.50 bits per heavy atom. The van der Waals surface area contributed by atoms with Gasteiger partial charge < -0.3 is 9.47 Å². The van der Waals surface area contributed by atoms with Gasteiger partial charge in [0.1, 0.15) is 24.7 Å². The van der Waals surface area contributed by atoms with E-state index in [2.05, 4.69) is 36.4 Å². The molecule has 0 saturated heterocycles. The maximum Gasteiger partial charge on any atom is 0.127 e. The number of hydrogen-bond acceptors (Lipinski definition) is 2. The molecule has 0 unspecified atom stereocenters. The molecule has 0 aliphatic carbocycles. The molecular formula is C20H14O2. The van der Waals surface area contributed by atoms with E-state index < -0.39 is 0 Å². The summed E-state index contributed by atoms with van der Waals surface area (Å²) in [7, 11) is 0. The number of rotatable bonds is 0. The van der Waals surface area contributed by atoms with Gasteiger partial charge in [0, 0.05) is 22.3 Å². The van der Waals surface area contributed by atoms with Gasteiger partial charge in [-0.15, -0.1) is 0 Å². The number of hydrogen-bond donors (Lipinski definition) is 0. The fourth-order valence-corrected chi connectivity index (χ4v) is 3.45. The van der Waals surface area contributed by atoms with Crippen molar-refractivity contribution in [3.8, 4) is 33.8 Å². The Hall–Kier alpha value is -2.74. The molecule has 0 bridgehead atoms. The van der Waals surface area contributed by atoms with E-state index in [9.17, 15) is 0 Å². The quantitative estimate of drug-likeness (QED) is 0.590. The van der Waals surface area contributed by atoms with Gasteiger partial charge in [0.25, 0.3) is 0 Å². The van der Waals surface area contributed by atoms with Crippen molar-refractivity contribution < 1.29 is 9.47 Å². The van der Waals surface area contributed by atoms with Crippen LogP contribution in [0, 0.1) is 0 Å². The Bertz CT molecular complexity index is 821. The summed E-state index contributed by atoms with van der Waals surface area (Å²) in [6.45, 7) is 1.26. The fraction of sp³-hybridized carbons (Fsp3) is 0.100. The minimum absolute atomic E-state index is 0.628. The Balaban J connectivity index is 1.88. The van der Waals surface area contributed by atoms with Crippen LogP contribution < -0.4 is 9.47 Å². The van der Waals surface area contributed by atoms with Gasteiger partial charge in [0.15, 0.2) is 0 Å². The number of fused-ring (bicyclic) bond motifs is 7. The van der Waals surface area contributed by atoms with Crippen molar-refractivity contribution in [1.82, 2.24) is 0 Å². The second-order valence-electron chi connectivity index (χ2n) is 5.70. The highest BCUT2D eigenvalue weighted by Crippen LogP contribution is 2.48. The first-order valence-electron chi connectivity index (χ1n) is 7.51. The van der Waals surface area contributed by atoms with Crippen molar-refractivity contribution in [3.63, 3.8) is 0 Å². The van der Waals surface area contributed by atoms with Gasteiger partial charge in [-0.2, -0.15) is 0 Å². The van der Waals surface area contributed by atoms with E-state index in [1.54, 1.807) is 0 Å². The molecule has 2 aliphatic heterocycles. The largest absolute Gasteiger partial charge is 0.488 e. The second kappa shape index (κ2) is 4.38. The highest BCUT2D eigenvalue weighted by atomic mass is 16.5. The minimum Gasteiger partial charge on any atom is -0.488 e. The molecule has 2 heterocycles. The molecule has 2 aliphatic rings. The fourth-order valence-electron chi connectivity index (χ4n) is 3.45. The summed E-state index contributed by atoms with van der Waals surface area (Å²) in [5.74, 6) is 1.93. The molecule has 0 fully saturated rings. The first-order valence-corrected chi connectivity index (χ1v) is 7.51. The van der Waals surface area contributed by atoms with Crippen LogP contribution >= 0.6 is 0 Å². The SMILES string of the molecule is c1ccc2c(c1)OCc1ccc3c(c1-2)-c1ccccc1OC3. The lowest BCUT2D eigenvalue weighted by Crippen LogP contribution is -2.12. The van der Waals surface area contributed by atoms with Crippen molar-refractivity contribution in [2.24, 2.45) is 0 Å². The van der Waals surface area contributed by atoms with E-state index in [4.69, 9.17) is 9.47 Å². The Morgan fingerprint density at radius 1 is 0.545 bits per heavy atom. The third-order valence-electron chi connectivity index (χ3n) is 4.46. The Labute approximate surface area is 128 Å². The molecule has 2 heteroatoms. The van der Waals surface area contributed by atoms with E-state index >= 15 is 0 Å². The maximum atomic E-state index is 5.90. The molecule has 0 aromatic heterocycles. The summed E-state index contributed by atoms with van der Waals surface area (Å²) < 4.78 is 11.8. The zero-order valence-corrected chi connectivity index (χ0v) is 12.0. The van der Waals surface area contributed by atoms with Gasteiger partial charge in [-0.1, -0.05) is 48.5 Å².